The number of aromatic nitrogens is 2. The number of thiophene rings is 1. The summed E-state index contributed by atoms with van der Waals surface area (Å²) >= 11 is 1.58. The summed E-state index contributed by atoms with van der Waals surface area (Å²) in [6, 6.07) is 12.1. The third-order valence-electron chi connectivity index (χ3n) is 3.10. The Morgan fingerprint density at radius 3 is 2.76 bits per heavy atom. The molecule has 0 aliphatic heterocycles. The van der Waals surface area contributed by atoms with E-state index < -0.39 is 5.97 Å². The zero-order valence-corrected chi connectivity index (χ0v) is 12.2. The molecule has 0 atom stereocenters. The van der Waals surface area contributed by atoms with Crippen molar-refractivity contribution in [1.29, 1.82) is 0 Å². The van der Waals surface area contributed by atoms with Gasteiger partial charge in [-0.25, -0.2) is 9.97 Å². The van der Waals surface area contributed by atoms with Gasteiger partial charge in [0.2, 0.25) is 0 Å². The highest BCUT2D eigenvalue weighted by Crippen LogP contribution is 2.35. The van der Waals surface area contributed by atoms with Gasteiger partial charge in [0.15, 0.2) is 0 Å². The summed E-state index contributed by atoms with van der Waals surface area (Å²) in [5.41, 5.74) is 1.12. The summed E-state index contributed by atoms with van der Waals surface area (Å²) in [6.45, 7) is -0.0946. The lowest BCUT2D eigenvalue weighted by Gasteiger charge is -2.15. The molecule has 5 nitrogen and oxygen atoms in total. The van der Waals surface area contributed by atoms with Gasteiger partial charge in [0, 0.05) is 11.9 Å². The highest BCUT2D eigenvalue weighted by atomic mass is 32.1. The second kappa shape index (κ2) is 5.49. The summed E-state index contributed by atoms with van der Waals surface area (Å²) in [6.07, 6.45) is 1.47. The number of likely N-dealkylation sites (N-methyl/N-ethyl adjacent to an activating group) is 1. The molecule has 0 unspecified atom stereocenters. The lowest BCUT2D eigenvalue weighted by atomic mass is 10.2. The Kier molecular flexibility index (Phi) is 3.53. The molecular formula is C15H13N3O2S. The van der Waals surface area contributed by atoms with Crippen molar-refractivity contribution in [2.24, 2.45) is 0 Å². The summed E-state index contributed by atoms with van der Waals surface area (Å²) in [5.74, 6) is -0.247. The molecule has 6 heteroatoms. The molecule has 0 saturated heterocycles. The molecule has 106 valence electrons. The third kappa shape index (κ3) is 2.71. The molecule has 0 aliphatic rings. The molecule has 2 heterocycles. The van der Waals surface area contributed by atoms with E-state index in [2.05, 4.69) is 9.97 Å². The number of aliphatic carboxylic acids is 1. The molecule has 0 bridgehead atoms. The van der Waals surface area contributed by atoms with Crippen LogP contribution in [0, 0.1) is 0 Å². The summed E-state index contributed by atoms with van der Waals surface area (Å²) < 4.78 is 0. The molecule has 0 radical (unpaired) electrons. The van der Waals surface area contributed by atoms with E-state index in [4.69, 9.17) is 5.11 Å². The third-order valence-corrected chi connectivity index (χ3v) is 4.19. The maximum atomic E-state index is 10.9. The van der Waals surface area contributed by atoms with E-state index in [1.807, 2.05) is 36.4 Å². The maximum Gasteiger partial charge on any atom is 0.323 e. The van der Waals surface area contributed by atoms with Gasteiger partial charge in [0.25, 0.3) is 0 Å². The predicted octanol–water partition coefficient (Wildman–Crippen LogP) is 2.88. The van der Waals surface area contributed by atoms with Gasteiger partial charge in [-0.2, -0.15) is 0 Å². The number of carboxylic acids is 1. The second-order valence-electron chi connectivity index (χ2n) is 4.64. The van der Waals surface area contributed by atoms with Crippen molar-refractivity contribution in [1.82, 2.24) is 9.97 Å². The Hall–Kier alpha value is -2.47. The Morgan fingerprint density at radius 2 is 2.05 bits per heavy atom. The summed E-state index contributed by atoms with van der Waals surface area (Å²) in [5, 5.41) is 9.80. The van der Waals surface area contributed by atoms with Crippen molar-refractivity contribution in [3.8, 4) is 10.4 Å². The Morgan fingerprint density at radius 1 is 1.29 bits per heavy atom. The lowest BCUT2D eigenvalue weighted by Crippen LogP contribution is -2.26. The summed E-state index contributed by atoms with van der Waals surface area (Å²) in [4.78, 5) is 22.9. The number of carbonyl (C=O) groups is 1. The minimum absolute atomic E-state index is 0.0946. The van der Waals surface area contributed by atoms with E-state index >= 15 is 0 Å². The zero-order valence-electron chi connectivity index (χ0n) is 11.4. The molecule has 0 aliphatic carbocycles. The first-order valence-electron chi connectivity index (χ1n) is 6.38. The van der Waals surface area contributed by atoms with Crippen LogP contribution in [0.15, 0.2) is 42.7 Å². The number of fused-ring (bicyclic) bond motifs is 1. The molecule has 0 fully saturated rings. The number of nitrogens with zero attached hydrogens (tertiary/aromatic N) is 3. The Balaban J connectivity index is 2.08. The van der Waals surface area contributed by atoms with Gasteiger partial charge in [-0.3, -0.25) is 4.79 Å². The molecular weight excluding hydrogens is 286 g/mol. The van der Waals surface area contributed by atoms with Crippen LogP contribution < -0.4 is 4.90 Å². The number of hydrogen-bond donors (Lipinski definition) is 1. The van der Waals surface area contributed by atoms with Gasteiger partial charge in [-0.15, -0.1) is 11.3 Å². The highest BCUT2D eigenvalue weighted by Gasteiger charge is 2.14. The predicted molar refractivity (Wildman–Crippen MR) is 83.8 cm³/mol. The highest BCUT2D eigenvalue weighted by molar-refractivity contribution is 7.21. The first-order chi connectivity index (χ1) is 10.1. The fourth-order valence-corrected chi connectivity index (χ4v) is 3.17. The van der Waals surface area contributed by atoms with Gasteiger partial charge in [-0.1, -0.05) is 30.3 Å². The molecule has 1 N–H and O–H groups in total. The van der Waals surface area contributed by atoms with E-state index in [9.17, 15) is 4.79 Å². The molecule has 21 heavy (non-hydrogen) atoms. The van der Waals surface area contributed by atoms with E-state index in [0.29, 0.717) is 5.82 Å². The first-order valence-corrected chi connectivity index (χ1v) is 7.19. The van der Waals surface area contributed by atoms with Crippen LogP contribution in [0.2, 0.25) is 0 Å². The average Bonchev–Trinajstić information content (AvgIpc) is 2.91. The van der Waals surface area contributed by atoms with E-state index in [1.54, 1.807) is 23.3 Å². The van der Waals surface area contributed by atoms with Crippen molar-refractivity contribution in [2.45, 2.75) is 0 Å². The van der Waals surface area contributed by atoms with Crippen molar-refractivity contribution in [3.05, 3.63) is 42.7 Å². The van der Waals surface area contributed by atoms with Crippen molar-refractivity contribution in [2.75, 3.05) is 18.5 Å². The van der Waals surface area contributed by atoms with E-state index in [0.717, 1.165) is 20.7 Å². The fraction of sp³-hybridized carbons (Fsp3) is 0.133. The molecule has 3 aromatic rings. The minimum atomic E-state index is -0.886. The Labute approximate surface area is 125 Å². The van der Waals surface area contributed by atoms with Gasteiger partial charge >= 0.3 is 5.97 Å². The largest absolute Gasteiger partial charge is 0.480 e. The van der Waals surface area contributed by atoms with Crippen LogP contribution >= 0.6 is 11.3 Å². The summed E-state index contributed by atoms with van der Waals surface area (Å²) in [7, 11) is 1.72. The van der Waals surface area contributed by atoms with Crippen molar-refractivity contribution < 1.29 is 9.90 Å². The maximum absolute atomic E-state index is 10.9. The quantitative estimate of drug-likeness (QED) is 0.802. The van der Waals surface area contributed by atoms with Crippen LogP contribution in [0.4, 0.5) is 5.82 Å². The van der Waals surface area contributed by atoms with Crippen LogP contribution in [0.5, 0.6) is 0 Å². The molecule has 3 rings (SSSR count). The van der Waals surface area contributed by atoms with Crippen LogP contribution in [-0.4, -0.2) is 34.6 Å². The van der Waals surface area contributed by atoms with Gasteiger partial charge < -0.3 is 10.0 Å². The van der Waals surface area contributed by atoms with Crippen LogP contribution in [0.1, 0.15) is 0 Å². The van der Waals surface area contributed by atoms with Gasteiger partial charge in [-0.05, 0) is 11.6 Å². The fourth-order valence-electron chi connectivity index (χ4n) is 2.17. The number of anilines is 1. The Bertz CT molecular complexity index is 786. The van der Waals surface area contributed by atoms with Crippen molar-refractivity contribution in [3.63, 3.8) is 0 Å². The SMILES string of the molecule is CN(CC(=O)O)c1ncnc2sc(-c3ccccc3)cc12. The van der Waals surface area contributed by atoms with E-state index in [-0.39, 0.29) is 6.54 Å². The standard InChI is InChI=1S/C15H13N3O2S/c1-18(8-13(19)20)14-11-7-12(10-5-3-2-4-6-10)21-15(11)17-9-16-14/h2-7,9H,8H2,1H3,(H,19,20). The topological polar surface area (TPSA) is 66.3 Å². The van der Waals surface area contributed by atoms with Crippen LogP contribution in [-0.2, 0) is 4.79 Å². The lowest BCUT2D eigenvalue weighted by molar-refractivity contribution is -0.135. The average molecular weight is 299 g/mol. The van der Waals surface area contributed by atoms with Crippen molar-refractivity contribution >= 4 is 33.3 Å². The number of rotatable bonds is 4. The van der Waals surface area contributed by atoms with E-state index in [1.165, 1.54) is 6.33 Å². The second-order valence-corrected chi connectivity index (χ2v) is 5.67. The number of carboxylic acid groups (broad SMARTS) is 1. The number of hydrogen-bond acceptors (Lipinski definition) is 5. The molecule has 0 amide bonds. The van der Waals surface area contributed by atoms with Crippen LogP contribution in [0.25, 0.3) is 20.7 Å². The molecule has 0 saturated carbocycles. The molecule has 0 spiro atoms. The van der Waals surface area contributed by atoms with Gasteiger partial charge in [0.05, 0.1) is 5.39 Å². The normalized spacial score (nSPS) is 10.7. The minimum Gasteiger partial charge on any atom is -0.480 e. The molecule has 2 aromatic heterocycles. The van der Waals surface area contributed by atoms with Gasteiger partial charge in [0.1, 0.15) is 23.5 Å². The smallest absolute Gasteiger partial charge is 0.323 e. The monoisotopic (exact) mass is 299 g/mol. The first kappa shape index (κ1) is 13.5. The zero-order chi connectivity index (χ0) is 14.8. The van der Waals surface area contributed by atoms with Crippen LogP contribution in [0.3, 0.4) is 0 Å². The molecule has 1 aromatic carbocycles. The number of benzene rings is 1.